The van der Waals surface area contributed by atoms with Crippen LogP contribution in [0.15, 0.2) is 38.0 Å². The van der Waals surface area contributed by atoms with Crippen molar-refractivity contribution in [2.75, 3.05) is 0 Å². The van der Waals surface area contributed by atoms with Gasteiger partial charge in [-0.2, -0.15) is 0 Å². The van der Waals surface area contributed by atoms with Crippen LogP contribution in [-0.4, -0.2) is 0 Å². The molecule has 0 aromatic carbocycles. The molecule has 0 aromatic rings. The molecule has 0 nitrogen and oxygen atoms in total. The third kappa shape index (κ3) is 4.76. The molecule has 0 saturated heterocycles. The van der Waals surface area contributed by atoms with Crippen molar-refractivity contribution in [3.63, 3.8) is 0 Å². The summed E-state index contributed by atoms with van der Waals surface area (Å²) in [6.45, 7) is 11.2. The molecule has 0 spiro atoms. The summed E-state index contributed by atoms with van der Waals surface area (Å²) in [6.07, 6.45) is 6.09. The average molecular weight is 219 g/mol. The quantitative estimate of drug-likeness (QED) is 0.474. The van der Waals surface area contributed by atoms with Gasteiger partial charge in [-0.05, 0) is 0 Å². The van der Waals surface area contributed by atoms with E-state index in [1.54, 1.807) is 0 Å². The molecule has 0 aliphatic rings. The van der Waals surface area contributed by atoms with Crippen molar-refractivity contribution in [3.05, 3.63) is 38.0 Å². The Labute approximate surface area is 69.9 Å². The van der Waals surface area contributed by atoms with Crippen molar-refractivity contribution in [1.29, 1.82) is 0 Å². The average Bonchev–Trinajstić information content (AvgIpc) is 1.90. The second-order valence-electron chi connectivity index (χ2n) is 1.98. The molecule has 0 atom stereocenters. The molecule has 0 aliphatic heterocycles. The fourth-order valence-electron chi connectivity index (χ4n) is 0.704. The fraction of sp³-hybridized carbons (Fsp3) is 0.333. The molecule has 0 radical (unpaired) electrons. The Bertz CT molecular complexity index is 92.1. The monoisotopic (exact) mass is 221 g/mol. The van der Waals surface area contributed by atoms with Crippen LogP contribution >= 0.6 is 0 Å². The van der Waals surface area contributed by atoms with Crippen molar-refractivity contribution in [2.24, 2.45) is 0 Å². The molecule has 0 saturated carbocycles. The first-order chi connectivity index (χ1) is 4.85. The molecule has 0 bridgehead atoms. The van der Waals surface area contributed by atoms with Crippen molar-refractivity contribution < 1.29 is 17.3 Å². The van der Waals surface area contributed by atoms with E-state index in [-0.39, 0.29) is 0 Å². The van der Waals surface area contributed by atoms with E-state index in [0.29, 0.717) is 0 Å². The number of allylic oxidation sites excluding steroid dienone is 3. The van der Waals surface area contributed by atoms with Gasteiger partial charge in [0.05, 0.1) is 0 Å². The molecule has 0 fully saturated rings. The van der Waals surface area contributed by atoms with E-state index in [0.717, 1.165) is 0 Å². The SMILES string of the molecule is C=C[CH2][Mo]([CH2]C=C)[CH2]C=C. The summed E-state index contributed by atoms with van der Waals surface area (Å²) >= 11 is -0.871. The van der Waals surface area contributed by atoms with Crippen molar-refractivity contribution in [2.45, 2.75) is 14.4 Å². The zero-order valence-corrected chi connectivity index (χ0v) is 8.39. The van der Waals surface area contributed by atoms with Gasteiger partial charge in [0.15, 0.2) is 0 Å². The predicted octanol–water partition coefficient (Wildman–Crippen LogP) is 3.42. The summed E-state index contributed by atoms with van der Waals surface area (Å²) in [5.74, 6) is 0. The van der Waals surface area contributed by atoms with Crippen LogP contribution in [0.2, 0.25) is 14.4 Å². The van der Waals surface area contributed by atoms with Crippen LogP contribution in [0.4, 0.5) is 0 Å². The van der Waals surface area contributed by atoms with Crippen LogP contribution in [-0.2, 0) is 17.3 Å². The van der Waals surface area contributed by atoms with Gasteiger partial charge in [-0.25, -0.2) is 0 Å². The van der Waals surface area contributed by atoms with E-state index in [1.165, 1.54) is 14.4 Å². The summed E-state index contributed by atoms with van der Waals surface area (Å²) in [6, 6.07) is 0. The number of rotatable bonds is 6. The van der Waals surface area contributed by atoms with Crippen molar-refractivity contribution >= 4 is 0 Å². The Morgan fingerprint density at radius 3 is 1.30 bits per heavy atom. The van der Waals surface area contributed by atoms with Gasteiger partial charge in [0.2, 0.25) is 0 Å². The normalized spacial score (nSPS) is 9.30. The molecule has 1 heteroatoms. The summed E-state index contributed by atoms with van der Waals surface area (Å²) in [7, 11) is 0. The van der Waals surface area contributed by atoms with Gasteiger partial charge in [0.1, 0.15) is 0 Å². The minimum atomic E-state index is -0.871. The fourth-order valence-corrected chi connectivity index (χ4v) is 4.17. The Morgan fingerprint density at radius 2 is 1.10 bits per heavy atom. The molecule has 0 rings (SSSR count). The molecule has 0 unspecified atom stereocenters. The molecule has 0 heterocycles. The van der Waals surface area contributed by atoms with E-state index in [2.05, 4.69) is 19.7 Å². The molecular formula is C9H15Mo. The van der Waals surface area contributed by atoms with Crippen LogP contribution in [0.5, 0.6) is 0 Å². The second-order valence-corrected chi connectivity index (χ2v) is 7.45. The van der Waals surface area contributed by atoms with Crippen LogP contribution in [0.25, 0.3) is 0 Å². The van der Waals surface area contributed by atoms with E-state index in [4.69, 9.17) is 0 Å². The van der Waals surface area contributed by atoms with Gasteiger partial charge in [-0.3, -0.25) is 0 Å². The molecule has 57 valence electrons. The van der Waals surface area contributed by atoms with E-state index in [9.17, 15) is 0 Å². The molecule has 0 amide bonds. The third-order valence-electron chi connectivity index (χ3n) is 1.06. The van der Waals surface area contributed by atoms with Gasteiger partial charge < -0.3 is 0 Å². The molecular weight excluding hydrogens is 204 g/mol. The summed E-state index contributed by atoms with van der Waals surface area (Å²) in [5, 5.41) is 0. The number of hydrogen-bond acceptors (Lipinski definition) is 0. The molecule has 0 N–H and O–H groups in total. The first-order valence-electron chi connectivity index (χ1n) is 3.32. The maximum absolute atomic E-state index is 3.74. The van der Waals surface area contributed by atoms with Crippen LogP contribution in [0.1, 0.15) is 0 Å². The Hall–Kier alpha value is -0.0917. The number of hydrogen-bond donors (Lipinski definition) is 0. The van der Waals surface area contributed by atoms with Crippen LogP contribution in [0, 0.1) is 0 Å². The van der Waals surface area contributed by atoms with E-state index in [1.807, 2.05) is 18.2 Å². The second kappa shape index (κ2) is 7.02. The van der Waals surface area contributed by atoms with Gasteiger partial charge in [-0.15, -0.1) is 0 Å². The zero-order chi connectivity index (χ0) is 7.82. The first-order valence-corrected chi connectivity index (χ1v) is 7.57. The topological polar surface area (TPSA) is 0 Å². The Morgan fingerprint density at radius 1 is 0.800 bits per heavy atom. The molecule has 0 aromatic heterocycles. The van der Waals surface area contributed by atoms with Gasteiger partial charge >= 0.3 is 69.7 Å². The summed E-state index contributed by atoms with van der Waals surface area (Å²) in [5.41, 5.74) is 0. The van der Waals surface area contributed by atoms with Crippen LogP contribution in [0.3, 0.4) is 0 Å². The first kappa shape index (κ1) is 9.91. The molecule has 10 heavy (non-hydrogen) atoms. The van der Waals surface area contributed by atoms with Crippen molar-refractivity contribution in [3.8, 4) is 0 Å². The van der Waals surface area contributed by atoms with Crippen molar-refractivity contribution in [1.82, 2.24) is 0 Å². The van der Waals surface area contributed by atoms with E-state index < -0.39 is 17.3 Å². The van der Waals surface area contributed by atoms with Gasteiger partial charge in [-0.1, -0.05) is 0 Å². The molecule has 0 aliphatic carbocycles. The third-order valence-corrected chi connectivity index (χ3v) is 6.27. The van der Waals surface area contributed by atoms with Crippen LogP contribution < -0.4 is 0 Å². The maximum atomic E-state index is 3.74. The predicted molar refractivity (Wildman–Crippen MR) is 45.0 cm³/mol. The zero-order valence-electron chi connectivity index (χ0n) is 6.38. The Kier molecular flexibility index (Phi) is 6.96. The summed E-state index contributed by atoms with van der Waals surface area (Å²) in [4.78, 5) is 3.71. The van der Waals surface area contributed by atoms with Gasteiger partial charge in [0, 0.05) is 0 Å². The minimum absolute atomic E-state index is 0.871. The standard InChI is InChI=1S/3C3H5.Mo/c3*1-3-2;/h3*3H,1-2H2;. The Balaban J connectivity index is 3.58. The summed E-state index contributed by atoms with van der Waals surface area (Å²) < 4.78 is 0. The van der Waals surface area contributed by atoms with E-state index >= 15 is 0 Å². The van der Waals surface area contributed by atoms with Gasteiger partial charge in [0.25, 0.3) is 0 Å².